The summed E-state index contributed by atoms with van der Waals surface area (Å²) >= 11 is 1.51. The molecule has 12 nitrogen and oxygen atoms in total. The Morgan fingerprint density at radius 3 is 1.77 bits per heavy atom. The fraction of sp³-hybridized carbons (Fsp3) is 0.154. The van der Waals surface area contributed by atoms with Gasteiger partial charge in [0, 0.05) is 41.6 Å². The minimum Gasteiger partial charge on any atom is -0.497 e. The number of thioether (sulfide) groups is 1. The first-order valence-electron chi connectivity index (χ1n) is 11.7. The highest BCUT2D eigenvalue weighted by Crippen LogP contribution is 2.24. The second-order valence-corrected chi connectivity index (χ2v) is 11.0. The average Bonchev–Trinajstić information content (AvgIpc) is 3.60. The van der Waals surface area contributed by atoms with Gasteiger partial charge in [-0.1, -0.05) is 11.8 Å². The standard InChI is InChI=1S/C13H12N4O3S.C13H12N4OS/c1-20-10-3-4-11-9(7-10)8-15-17(11)12-5-6-14-13(16-12)21(2,18)19;1-18-10-3-4-11-9(7-10)8-15-17(11)12-5-6-14-13(16-12)19-2/h3-8H,1-2H3;3-8H,1-2H3. The number of nitrogens with zero attached hydrogens (tertiary/aromatic N) is 8. The minimum absolute atomic E-state index is 0.225. The molecule has 6 aromatic rings. The van der Waals surface area contributed by atoms with Crippen molar-refractivity contribution in [1.82, 2.24) is 39.5 Å². The number of sulfone groups is 1. The van der Waals surface area contributed by atoms with Gasteiger partial charge in [0.25, 0.3) is 0 Å². The number of ether oxygens (including phenoxy) is 2. The van der Waals surface area contributed by atoms with Crippen LogP contribution in [0.2, 0.25) is 0 Å². The smallest absolute Gasteiger partial charge is 0.248 e. The van der Waals surface area contributed by atoms with Gasteiger partial charge in [-0.05, 0) is 42.7 Å². The second-order valence-electron chi connectivity index (χ2n) is 8.33. The lowest BCUT2D eigenvalue weighted by molar-refractivity contribution is 0.415. The maximum atomic E-state index is 11.5. The van der Waals surface area contributed by atoms with E-state index in [9.17, 15) is 8.42 Å². The van der Waals surface area contributed by atoms with Crippen LogP contribution in [0.1, 0.15) is 0 Å². The summed E-state index contributed by atoms with van der Waals surface area (Å²) in [7, 11) is -0.218. The van der Waals surface area contributed by atoms with E-state index in [1.807, 2.05) is 42.7 Å². The molecule has 0 saturated heterocycles. The van der Waals surface area contributed by atoms with Crippen molar-refractivity contribution in [3.05, 3.63) is 73.3 Å². The molecular weight excluding hydrogens is 552 g/mol. The van der Waals surface area contributed by atoms with Gasteiger partial charge in [-0.25, -0.2) is 32.7 Å². The maximum absolute atomic E-state index is 11.5. The Kier molecular flexibility index (Phi) is 7.62. The molecule has 0 spiro atoms. The van der Waals surface area contributed by atoms with Gasteiger partial charge in [0.1, 0.15) is 11.5 Å². The molecule has 2 aromatic carbocycles. The zero-order valence-corrected chi connectivity index (χ0v) is 23.6. The summed E-state index contributed by atoms with van der Waals surface area (Å²) in [6, 6.07) is 14.8. The second kappa shape index (κ2) is 11.3. The van der Waals surface area contributed by atoms with E-state index in [1.165, 1.54) is 18.0 Å². The summed E-state index contributed by atoms with van der Waals surface area (Å²) < 4.78 is 36.8. The van der Waals surface area contributed by atoms with Gasteiger partial charge in [0.2, 0.25) is 15.0 Å². The predicted octanol–water partition coefficient (Wildman–Crippen LogP) is 3.77. The lowest BCUT2D eigenvalue weighted by Gasteiger charge is -2.04. The van der Waals surface area contributed by atoms with Crippen LogP contribution in [-0.2, 0) is 9.84 Å². The van der Waals surface area contributed by atoms with Crippen molar-refractivity contribution >= 4 is 43.4 Å². The van der Waals surface area contributed by atoms with Crippen LogP contribution in [0.4, 0.5) is 0 Å². The summed E-state index contributed by atoms with van der Waals surface area (Å²) in [5.41, 5.74) is 1.79. The van der Waals surface area contributed by atoms with Crippen molar-refractivity contribution in [3.63, 3.8) is 0 Å². The molecule has 0 radical (unpaired) electrons. The first kappa shape index (κ1) is 27.0. The van der Waals surface area contributed by atoms with E-state index in [0.29, 0.717) is 5.82 Å². The van der Waals surface area contributed by atoms with Crippen LogP contribution in [0.25, 0.3) is 33.4 Å². The number of fused-ring (bicyclic) bond motifs is 2. The van der Waals surface area contributed by atoms with Gasteiger partial charge < -0.3 is 9.47 Å². The van der Waals surface area contributed by atoms with Crippen LogP contribution >= 0.6 is 11.8 Å². The molecule has 4 heterocycles. The number of rotatable bonds is 6. The van der Waals surface area contributed by atoms with E-state index in [2.05, 4.69) is 30.1 Å². The van der Waals surface area contributed by atoms with Crippen LogP contribution < -0.4 is 9.47 Å². The average molecular weight is 577 g/mol. The SMILES string of the molecule is COc1ccc2c(cnn2-c2ccnc(S(C)(=O)=O)n2)c1.COc1ccc2c(cnn2-c2ccnc(SC)n2)c1. The molecule has 0 atom stereocenters. The molecule has 0 amide bonds. The Morgan fingerprint density at radius 1 is 0.750 bits per heavy atom. The van der Waals surface area contributed by atoms with E-state index >= 15 is 0 Å². The first-order chi connectivity index (χ1) is 19.3. The van der Waals surface area contributed by atoms with Crippen LogP contribution in [0, 0.1) is 0 Å². The Bertz CT molecular complexity index is 1920. The predicted molar refractivity (Wildman–Crippen MR) is 151 cm³/mol. The Labute approximate surface area is 234 Å². The third-order valence-electron chi connectivity index (χ3n) is 5.74. The lowest BCUT2D eigenvalue weighted by atomic mass is 10.2. The molecular formula is C26H24N8O4S2. The number of hydrogen-bond donors (Lipinski definition) is 0. The van der Waals surface area contributed by atoms with Gasteiger partial charge in [0.05, 0.1) is 37.6 Å². The third-order valence-corrected chi connectivity index (χ3v) is 7.16. The number of methoxy groups -OCH3 is 2. The topological polar surface area (TPSA) is 140 Å². The summed E-state index contributed by atoms with van der Waals surface area (Å²) in [4.78, 5) is 16.4. The summed E-state index contributed by atoms with van der Waals surface area (Å²) in [5.74, 6) is 2.70. The molecule has 0 N–H and O–H groups in total. The quantitative estimate of drug-likeness (QED) is 0.211. The van der Waals surface area contributed by atoms with Crippen molar-refractivity contribution in [3.8, 4) is 23.1 Å². The fourth-order valence-electron chi connectivity index (χ4n) is 3.82. The van der Waals surface area contributed by atoms with Crippen LogP contribution in [0.5, 0.6) is 11.5 Å². The van der Waals surface area contributed by atoms with Gasteiger partial charge >= 0.3 is 0 Å². The van der Waals surface area contributed by atoms with Crippen molar-refractivity contribution in [2.75, 3.05) is 26.7 Å². The van der Waals surface area contributed by atoms with Gasteiger partial charge in [-0.2, -0.15) is 15.2 Å². The Balaban J connectivity index is 0.000000162. The van der Waals surface area contributed by atoms with E-state index < -0.39 is 9.84 Å². The molecule has 0 aliphatic carbocycles. The molecule has 4 aromatic heterocycles. The molecule has 40 heavy (non-hydrogen) atoms. The molecule has 0 aliphatic heterocycles. The highest BCUT2D eigenvalue weighted by molar-refractivity contribution is 7.98. The monoisotopic (exact) mass is 576 g/mol. The molecule has 14 heteroatoms. The van der Waals surface area contributed by atoms with Gasteiger partial charge in [-0.15, -0.1) is 0 Å². The normalized spacial score (nSPS) is 11.3. The van der Waals surface area contributed by atoms with E-state index in [1.54, 1.807) is 54.3 Å². The third kappa shape index (κ3) is 5.58. The van der Waals surface area contributed by atoms with Crippen molar-refractivity contribution < 1.29 is 17.9 Å². The molecule has 204 valence electrons. The summed E-state index contributed by atoms with van der Waals surface area (Å²) in [5, 5.41) is 11.0. The number of benzene rings is 2. The largest absolute Gasteiger partial charge is 0.497 e. The number of hydrogen-bond acceptors (Lipinski definition) is 11. The Morgan fingerprint density at radius 2 is 1.27 bits per heavy atom. The summed E-state index contributed by atoms with van der Waals surface area (Å²) in [6.07, 6.45) is 9.63. The lowest BCUT2D eigenvalue weighted by Crippen LogP contribution is -2.08. The molecule has 0 unspecified atom stereocenters. The highest BCUT2D eigenvalue weighted by Gasteiger charge is 2.14. The zero-order valence-electron chi connectivity index (χ0n) is 22.0. The maximum Gasteiger partial charge on any atom is 0.248 e. The van der Waals surface area contributed by atoms with E-state index in [-0.39, 0.29) is 5.16 Å². The fourth-order valence-corrected chi connectivity index (χ4v) is 4.68. The van der Waals surface area contributed by atoms with E-state index in [4.69, 9.17) is 9.47 Å². The zero-order chi connectivity index (χ0) is 28.3. The minimum atomic E-state index is -3.46. The summed E-state index contributed by atoms with van der Waals surface area (Å²) in [6.45, 7) is 0. The van der Waals surface area contributed by atoms with Crippen molar-refractivity contribution in [2.45, 2.75) is 10.3 Å². The molecule has 0 saturated carbocycles. The van der Waals surface area contributed by atoms with Gasteiger partial charge in [0.15, 0.2) is 16.8 Å². The molecule has 6 rings (SSSR count). The van der Waals surface area contributed by atoms with Crippen LogP contribution in [0.3, 0.4) is 0 Å². The van der Waals surface area contributed by atoms with Crippen molar-refractivity contribution in [1.29, 1.82) is 0 Å². The first-order valence-corrected chi connectivity index (χ1v) is 14.9. The van der Waals surface area contributed by atoms with E-state index in [0.717, 1.165) is 50.5 Å². The molecule has 0 fully saturated rings. The number of aromatic nitrogens is 8. The molecule has 0 bridgehead atoms. The van der Waals surface area contributed by atoms with Crippen LogP contribution in [0.15, 0.2) is 83.6 Å². The van der Waals surface area contributed by atoms with Crippen molar-refractivity contribution in [2.24, 2.45) is 0 Å². The Hall–Kier alpha value is -4.56. The molecule has 0 aliphatic rings. The highest BCUT2D eigenvalue weighted by atomic mass is 32.2. The van der Waals surface area contributed by atoms with Gasteiger partial charge in [-0.3, -0.25) is 0 Å². The van der Waals surface area contributed by atoms with Crippen LogP contribution in [-0.4, -0.2) is 74.6 Å².